The van der Waals surface area contributed by atoms with Crippen LogP contribution in [0.3, 0.4) is 0 Å². The third-order valence-electron chi connectivity index (χ3n) is 4.19. The lowest BCUT2D eigenvalue weighted by molar-refractivity contribution is 0.602. The fourth-order valence-electron chi connectivity index (χ4n) is 2.86. The molecular formula is C19H16N4O3S. The average molecular weight is 380 g/mol. The summed E-state index contributed by atoms with van der Waals surface area (Å²) >= 11 is 0. The van der Waals surface area contributed by atoms with Gasteiger partial charge in [0.15, 0.2) is 15.5 Å². The molecule has 0 aliphatic heterocycles. The molecule has 0 saturated carbocycles. The van der Waals surface area contributed by atoms with Crippen molar-refractivity contribution in [3.63, 3.8) is 0 Å². The molecule has 0 aliphatic carbocycles. The molecule has 0 unspecified atom stereocenters. The molecule has 0 saturated heterocycles. The van der Waals surface area contributed by atoms with E-state index in [0.29, 0.717) is 5.65 Å². The third kappa shape index (κ3) is 3.34. The minimum Gasteiger partial charge on any atom is -0.352 e. The Kier molecular flexibility index (Phi) is 4.04. The van der Waals surface area contributed by atoms with Gasteiger partial charge in [-0.15, -0.1) is 0 Å². The van der Waals surface area contributed by atoms with E-state index < -0.39 is 9.84 Å². The Morgan fingerprint density at radius 2 is 1.81 bits per heavy atom. The minimum absolute atomic E-state index is 0.156. The number of hydrogen-bond acceptors (Lipinski definition) is 5. The van der Waals surface area contributed by atoms with Crippen LogP contribution in [0.2, 0.25) is 0 Å². The van der Waals surface area contributed by atoms with Crippen LogP contribution in [0.4, 0.5) is 11.4 Å². The zero-order valence-electron chi connectivity index (χ0n) is 14.4. The van der Waals surface area contributed by atoms with Gasteiger partial charge in [-0.1, -0.05) is 0 Å². The van der Waals surface area contributed by atoms with Crippen molar-refractivity contribution in [1.29, 1.82) is 0 Å². The standard InChI is InChI=1S/C19H16N4O3S/c1-27(25,26)15-5-3-14(4-6-15)22-16-7-8-17(23-11-10-20-19(16)23)13-2-9-18(24)21-12-13/h2-12,22H,1H3,(H,21,24). The second-order valence-corrected chi connectivity index (χ2v) is 8.13. The van der Waals surface area contributed by atoms with E-state index in [9.17, 15) is 13.2 Å². The molecule has 1 aromatic carbocycles. The summed E-state index contributed by atoms with van der Waals surface area (Å²) in [5.41, 5.74) is 3.84. The molecule has 0 spiro atoms. The van der Waals surface area contributed by atoms with Crippen LogP contribution in [0.25, 0.3) is 16.9 Å². The molecule has 4 aromatic rings. The van der Waals surface area contributed by atoms with Gasteiger partial charge < -0.3 is 10.3 Å². The van der Waals surface area contributed by atoms with Crippen LogP contribution in [-0.4, -0.2) is 29.0 Å². The van der Waals surface area contributed by atoms with E-state index in [1.807, 2.05) is 22.7 Å². The molecule has 136 valence electrons. The van der Waals surface area contributed by atoms with Crippen molar-refractivity contribution < 1.29 is 8.42 Å². The lowest BCUT2D eigenvalue weighted by Gasteiger charge is -2.12. The van der Waals surface area contributed by atoms with Crippen molar-refractivity contribution in [3.8, 4) is 11.3 Å². The van der Waals surface area contributed by atoms with Crippen molar-refractivity contribution in [2.75, 3.05) is 11.6 Å². The number of sulfone groups is 1. The van der Waals surface area contributed by atoms with E-state index in [1.54, 1.807) is 42.7 Å². The molecule has 3 heterocycles. The van der Waals surface area contributed by atoms with Gasteiger partial charge in [-0.3, -0.25) is 9.20 Å². The monoisotopic (exact) mass is 380 g/mol. The second-order valence-electron chi connectivity index (χ2n) is 6.12. The van der Waals surface area contributed by atoms with Crippen LogP contribution in [-0.2, 0) is 9.84 Å². The summed E-state index contributed by atoms with van der Waals surface area (Å²) in [4.78, 5) is 18.6. The first-order chi connectivity index (χ1) is 12.9. The number of hydrogen-bond donors (Lipinski definition) is 2. The fraction of sp³-hybridized carbons (Fsp3) is 0.0526. The highest BCUT2D eigenvalue weighted by molar-refractivity contribution is 7.90. The summed E-state index contributed by atoms with van der Waals surface area (Å²) < 4.78 is 25.1. The van der Waals surface area contributed by atoms with Gasteiger partial charge in [-0.25, -0.2) is 13.4 Å². The number of rotatable bonds is 4. The number of fused-ring (bicyclic) bond motifs is 1. The highest BCUT2D eigenvalue weighted by atomic mass is 32.2. The SMILES string of the molecule is CS(=O)(=O)c1ccc(Nc2ccc(-c3ccc(=O)[nH]c3)n3ccnc23)cc1. The molecule has 7 nitrogen and oxygen atoms in total. The van der Waals surface area contributed by atoms with Crippen molar-refractivity contribution >= 4 is 26.9 Å². The Hall–Kier alpha value is -3.39. The Balaban J connectivity index is 1.72. The maximum absolute atomic E-state index is 11.6. The van der Waals surface area contributed by atoms with Crippen molar-refractivity contribution in [1.82, 2.24) is 14.4 Å². The zero-order chi connectivity index (χ0) is 19.0. The molecule has 4 rings (SSSR count). The molecular weight excluding hydrogens is 364 g/mol. The van der Waals surface area contributed by atoms with Crippen molar-refractivity contribution in [2.24, 2.45) is 0 Å². The smallest absolute Gasteiger partial charge is 0.247 e. The minimum atomic E-state index is -3.23. The summed E-state index contributed by atoms with van der Waals surface area (Å²) in [6, 6.07) is 13.6. The topological polar surface area (TPSA) is 96.3 Å². The van der Waals surface area contributed by atoms with Crippen LogP contribution in [0.1, 0.15) is 0 Å². The van der Waals surface area contributed by atoms with Crippen LogP contribution in [0.15, 0.2) is 76.8 Å². The predicted molar refractivity (Wildman–Crippen MR) is 104 cm³/mol. The maximum Gasteiger partial charge on any atom is 0.247 e. The van der Waals surface area contributed by atoms with Gasteiger partial charge in [0.25, 0.3) is 0 Å². The van der Waals surface area contributed by atoms with Gasteiger partial charge in [-0.05, 0) is 42.5 Å². The molecule has 0 aliphatic rings. The number of aromatic amines is 1. The van der Waals surface area contributed by atoms with Crippen LogP contribution in [0.5, 0.6) is 0 Å². The lowest BCUT2D eigenvalue weighted by atomic mass is 10.2. The van der Waals surface area contributed by atoms with Crippen LogP contribution >= 0.6 is 0 Å². The largest absolute Gasteiger partial charge is 0.352 e. The summed E-state index contributed by atoms with van der Waals surface area (Å²) in [5, 5.41) is 3.26. The second kappa shape index (κ2) is 6.40. The van der Waals surface area contributed by atoms with Crippen LogP contribution < -0.4 is 10.9 Å². The summed E-state index contributed by atoms with van der Waals surface area (Å²) in [5.74, 6) is 0. The van der Waals surface area contributed by atoms with Gasteiger partial charge in [0.05, 0.1) is 16.3 Å². The number of nitrogens with one attached hydrogen (secondary N) is 2. The van der Waals surface area contributed by atoms with E-state index >= 15 is 0 Å². The van der Waals surface area contributed by atoms with Crippen molar-refractivity contribution in [3.05, 3.63) is 77.5 Å². The number of anilines is 2. The molecule has 0 bridgehead atoms. The molecule has 8 heteroatoms. The Morgan fingerprint density at radius 3 is 2.48 bits per heavy atom. The molecule has 0 amide bonds. The lowest BCUT2D eigenvalue weighted by Crippen LogP contribution is -2.03. The first-order valence-electron chi connectivity index (χ1n) is 8.14. The fourth-order valence-corrected chi connectivity index (χ4v) is 3.49. The first kappa shape index (κ1) is 17.0. The highest BCUT2D eigenvalue weighted by Gasteiger charge is 2.10. The Morgan fingerprint density at radius 1 is 1.04 bits per heavy atom. The number of imidazole rings is 1. The Labute approximate surface area is 155 Å². The van der Waals surface area contributed by atoms with Gasteiger partial charge in [-0.2, -0.15) is 0 Å². The normalized spacial score (nSPS) is 11.6. The number of H-pyrrole nitrogens is 1. The Bertz CT molecular complexity index is 1270. The van der Waals surface area contributed by atoms with Crippen molar-refractivity contribution in [2.45, 2.75) is 4.90 Å². The zero-order valence-corrected chi connectivity index (χ0v) is 15.2. The van der Waals surface area contributed by atoms with E-state index in [2.05, 4.69) is 15.3 Å². The maximum atomic E-state index is 11.6. The van der Waals surface area contributed by atoms with E-state index in [4.69, 9.17) is 0 Å². The molecule has 0 radical (unpaired) electrons. The molecule has 3 aromatic heterocycles. The molecule has 0 fully saturated rings. The predicted octanol–water partition coefficient (Wildman–Crippen LogP) is 2.84. The van der Waals surface area contributed by atoms with Gasteiger partial charge in [0, 0.05) is 42.2 Å². The van der Waals surface area contributed by atoms with E-state index in [0.717, 1.165) is 22.6 Å². The molecule has 2 N–H and O–H groups in total. The molecule has 27 heavy (non-hydrogen) atoms. The van der Waals surface area contributed by atoms with Gasteiger partial charge >= 0.3 is 0 Å². The molecule has 0 atom stereocenters. The average Bonchev–Trinajstić information content (AvgIpc) is 3.13. The summed E-state index contributed by atoms with van der Waals surface area (Å²) in [7, 11) is -3.23. The quantitative estimate of drug-likeness (QED) is 0.567. The number of benzene rings is 1. The number of pyridine rings is 2. The summed E-state index contributed by atoms with van der Waals surface area (Å²) in [6.07, 6.45) is 6.38. The number of nitrogens with zero attached hydrogens (tertiary/aromatic N) is 2. The van der Waals surface area contributed by atoms with Crippen LogP contribution in [0, 0.1) is 0 Å². The van der Waals surface area contributed by atoms with E-state index in [-0.39, 0.29) is 10.5 Å². The third-order valence-corrected chi connectivity index (χ3v) is 5.32. The van der Waals surface area contributed by atoms with E-state index in [1.165, 1.54) is 12.3 Å². The number of aromatic nitrogens is 3. The van der Waals surface area contributed by atoms with Gasteiger partial charge in [0.1, 0.15) is 0 Å². The summed E-state index contributed by atoms with van der Waals surface area (Å²) in [6.45, 7) is 0. The van der Waals surface area contributed by atoms with Gasteiger partial charge in [0.2, 0.25) is 5.56 Å². The first-order valence-corrected chi connectivity index (χ1v) is 10.0. The highest BCUT2D eigenvalue weighted by Crippen LogP contribution is 2.27.